The second kappa shape index (κ2) is 10.7. The first-order chi connectivity index (χ1) is 16.5. The van der Waals surface area contributed by atoms with E-state index in [1.165, 1.54) is 12.1 Å². The monoisotopic (exact) mass is 481 g/mol. The fourth-order valence-electron chi connectivity index (χ4n) is 3.77. The van der Waals surface area contributed by atoms with Crippen molar-refractivity contribution in [2.45, 2.75) is 23.8 Å². The molecule has 4 rings (SSSR count). The van der Waals surface area contributed by atoms with Crippen molar-refractivity contribution in [3.8, 4) is 11.5 Å². The van der Waals surface area contributed by atoms with Gasteiger partial charge in [-0.05, 0) is 29.8 Å². The fraction of sp³-hybridized carbons (Fsp3) is 0.280. The van der Waals surface area contributed by atoms with E-state index in [0.29, 0.717) is 24.7 Å². The second-order valence-corrected chi connectivity index (χ2v) is 9.65. The van der Waals surface area contributed by atoms with Gasteiger partial charge in [0.25, 0.3) is 0 Å². The summed E-state index contributed by atoms with van der Waals surface area (Å²) >= 11 is 0. The molecule has 1 amide bonds. The quantitative estimate of drug-likeness (QED) is 0.531. The van der Waals surface area contributed by atoms with E-state index in [-0.39, 0.29) is 29.8 Å². The zero-order valence-corrected chi connectivity index (χ0v) is 19.7. The summed E-state index contributed by atoms with van der Waals surface area (Å²) in [5, 5.41) is 0. The molecule has 8 nitrogen and oxygen atoms in total. The lowest BCUT2D eigenvalue weighted by atomic mass is 10.0. The van der Waals surface area contributed by atoms with Crippen molar-refractivity contribution in [3.63, 3.8) is 0 Å². The number of hydrogen-bond acceptors (Lipinski definition) is 6. The van der Waals surface area contributed by atoms with Gasteiger partial charge in [0.2, 0.25) is 15.9 Å². The van der Waals surface area contributed by atoms with Crippen molar-refractivity contribution in [1.82, 2.24) is 14.6 Å². The largest absolute Gasteiger partial charge is 0.490 e. The van der Waals surface area contributed by atoms with Crippen molar-refractivity contribution in [2.75, 3.05) is 26.8 Å². The number of aromatic nitrogens is 1. The Bertz CT molecular complexity index is 1180. The van der Waals surface area contributed by atoms with E-state index in [1.807, 2.05) is 48.5 Å². The Morgan fingerprint density at radius 3 is 2.50 bits per heavy atom. The van der Waals surface area contributed by atoms with E-state index in [0.717, 1.165) is 17.7 Å². The average Bonchev–Trinajstić information content (AvgIpc) is 3.10. The summed E-state index contributed by atoms with van der Waals surface area (Å²) in [5.74, 6) is 0.716. The van der Waals surface area contributed by atoms with Crippen LogP contribution in [-0.2, 0) is 14.8 Å². The molecule has 2 aromatic carbocycles. The number of amides is 1. The Balaban J connectivity index is 1.43. The number of ether oxygens (including phenoxy) is 2. The molecule has 1 N–H and O–H groups in total. The molecule has 1 aromatic heterocycles. The molecule has 1 unspecified atom stereocenters. The fourth-order valence-corrected chi connectivity index (χ4v) is 4.82. The highest BCUT2D eigenvalue weighted by Crippen LogP contribution is 2.32. The maximum absolute atomic E-state index is 13.0. The van der Waals surface area contributed by atoms with Gasteiger partial charge in [0.1, 0.15) is 0 Å². The van der Waals surface area contributed by atoms with Gasteiger partial charge in [-0.2, -0.15) is 0 Å². The predicted molar refractivity (Wildman–Crippen MR) is 127 cm³/mol. The summed E-state index contributed by atoms with van der Waals surface area (Å²) in [6, 6.07) is 19.3. The highest BCUT2D eigenvalue weighted by molar-refractivity contribution is 7.89. The Morgan fingerprint density at radius 2 is 1.76 bits per heavy atom. The van der Waals surface area contributed by atoms with Gasteiger partial charge >= 0.3 is 0 Å². The van der Waals surface area contributed by atoms with Gasteiger partial charge in [0.15, 0.2) is 11.5 Å². The number of fused-ring (bicyclic) bond motifs is 1. The first-order valence-corrected chi connectivity index (χ1v) is 12.5. The summed E-state index contributed by atoms with van der Waals surface area (Å²) < 4.78 is 39.2. The van der Waals surface area contributed by atoms with Crippen LogP contribution in [0.5, 0.6) is 11.5 Å². The molecule has 0 spiro atoms. The second-order valence-electron chi connectivity index (χ2n) is 7.88. The Hall–Kier alpha value is -3.43. The van der Waals surface area contributed by atoms with E-state index < -0.39 is 10.0 Å². The van der Waals surface area contributed by atoms with E-state index in [9.17, 15) is 13.2 Å². The first-order valence-electron chi connectivity index (χ1n) is 11.1. The summed E-state index contributed by atoms with van der Waals surface area (Å²) in [5.41, 5.74) is 1.65. The van der Waals surface area contributed by atoms with Crippen LogP contribution in [0.15, 0.2) is 77.8 Å². The van der Waals surface area contributed by atoms with Crippen LogP contribution in [0, 0.1) is 0 Å². The topological polar surface area (TPSA) is 97.8 Å². The van der Waals surface area contributed by atoms with E-state index in [2.05, 4.69) is 9.71 Å². The summed E-state index contributed by atoms with van der Waals surface area (Å²) in [7, 11) is -2.12. The standard InChI is InChI=1S/C25H27N3O5S/c1-28(25(19-8-3-2-4-9-19)21-10-5-6-14-26-21)24(29)13-15-27-34(30,31)20-11-12-22-23(18-20)33-17-7-16-32-22/h2-6,8-12,14,18,25,27H,7,13,15-17H2,1H3. The van der Waals surface area contributed by atoms with E-state index >= 15 is 0 Å². The minimum absolute atomic E-state index is 0.00352. The average molecular weight is 482 g/mol. The van der Waals surface area contributed by atoms with E-state index in [1.54, 1.807) is 24.2 Å². The van der Waals surface area contributed by atoms with Crippen LogP contribution in [0.4, 0.5) is 0 Å². The Kier molecular flexibility index (Phi) is 7.44. The number of nitrogens with one attached hydrogen (secondary N) is 1. The van der Waals surface area contributed by atoms with Crippen LogP contribution in [0.3, 0.4) is 0 Å². The zero-order chi connectivity index (χ0) is 24.0. The normalized spacial score (nSPS) is 14.1. The third kappa shape index (κ3) is 5.55. The number of carbonyl (C=O) groups excluding carboxylic acids is 1. The summed E-state index contributed by atoms with van der Waals surface area (Å²) in [4.78, 5) is 19.1. The molecule has 9 heteroatoms. The van der Waals surface area contributed by atoms with Crippen molar-refractivity contribution in [1.29, 1.82) is 0 Å². The van der Waals surface area contributed by atoms with Gasteiger partial charge < -0.3 is 14.4 Å². The SMILES string of the molecule is CN(C(=O)CCNS(=O)(=O)c1ccc2c(c1)OCCCO2)C(c1ccccc1)c1ccccn1. The summed E-state index contributed by atoms with van der Waals surface area (Å²) in [6.45, 7) is 0.947. The number of carbonyl (C=O) groups is 1. The number of benzene rings is 2. The molecule has 1 aliphatic heterocycles. The molecule has 2 heterocycles. The van der Waals surface area contributed by atoms with Crippen molar-refractivity contribution in [3.05, 3.63) is 84.2 Å². The lowest BCUT2D eigenvalue weighted by Crippen LogP contribution is -2.35. The van der Waals surface area contributed by atoms with Crippen molar-refractivity contribution < 1.29 is 22.7 Å². The summed E-state index contributed by atoms with van der Waals surface area (Å²) in [6.07, 6.45) is 2.41. The van der Waals surface area contributed by atoms with Crippen LogP contribution >= 0.6 is 0 Å². The Morgan fingerprint density at radius 1 is 1.03 bits per heavy atom. The molecule has 1 atom stereocenters. The molecule has 34 heavy (non-hydrogen) atoms. The van der Waals surface area contributed by atoms with Gasteiger partial charge in [-0.1, -0.05) is 36.4 Å². The molecule has 0 aliphatic carbocycles. The van der Waals surface area contributed by atoms with Crippen molar-refractivity contribution >= 4 is 15.9 Å². The zero-order valence-electron chi connectivity index (χ0n) is 18.9. The van der Waals surface area contributed by atoms with Crippen LogP contribution in [0.25, 0.3) is 0 Å². The van der Waals surface area contributed by atoms with Crippen LogP contribution < -0.4 is 14.2 Å². The number of sulfonamides is 1. The highest BCUT2D eigenvalue weighted by atomic mass is 32.2. The minimum Gasteiger partial charge on any atom is -0.490 e. The molecule has 0 radical (unpaired) electrons. The maximum Gasteiger partial charge on any atom is 0.240 e. The Labute approximate surface area is 199 Å². The maximum atomic E-state index is 13.0. The van der Waals surface area contributed by atoms with Gasteiger partial charge in [-0.15, -0.1) is 0 Å². The smallest absolute Gasteiger partial charge is 0.240 e. The molecule has 0 fully saturated rings. The van der Waals surface area contributed by atoms with Crippen LogP contribution in [0.2, 0.25) is 0 Å². The molecule has 178 valence electrons. The van der Waals surface area contributed by atoms with E-state index in [4.69, 9.17) is 9.47 Å². The van der Waals surface area contributed by atoms with Gasteiger partial charge in [-0.3, -0.25) is 9.78 Å². The molecular formula is C25H27N3O5S. The molecule has 0 bridgehead atoms. The molecule has 0 saturated heterocycles. The lowest BCUT2D eigenvalue weighted by Gasteiger charge is -2.28. The van der Waals surface area contributed by atoms with Gasteiger partial charge in [-0.25, -0.2) is 13.1 Å². The third-order valence-corrected chi connectivity index (χ3v) is 6.98. The first kappa shape index (κ1) is 23.7. The number of hydrogen-bond donors (Lipinski definition) is 1. The van der Waals surface area contributed by atoms with Crippen LogP contribution in [-0.4, -0.2) is 51.0 Å². The van der Waals surface area contributed by atoms with Gasteiger partial charge in [0.05, 0.1) is 29.8 Å². The lowest BCUT2D eigenvalue weighted by molar-refractivity contribution is -0.131. The molecule has 0 saturated carbocycles. The third-order valence-electron chi connectivity index (χ3n) is 5.52. The number of pyridine rings is 1. The van der Waals surface area contributed by atoms with Crippen LogP contribution in [0.1, 0.15) is 30.1 Å². The van der Waals surface area contributed by atoms with Gasteiger partial charge in [0, 0.05) is 38.7 Å². The highest BCUT2D eigenvalue weighted by Gasteiger charge is 2.25. The predicted octanol–water partition coefficient (Wildman–Crippen LogP) is 3.16. The molecular weight excluding hydrogens is 454 g/mol. The molecule has 1 aliphatic rings. The minimum atomic E-state index is -3.82. The van der Waals surface area contributed by atoms with Crippen molar-refractivity contribution in [2.24, 2.45) is 0 Å². The molecule has 3 aromatic rings. The number of nitrogens with zero attached hydrogens (tertiary/aromatic N) is 2. The number of rotatable bonds is 8.